The van der Waals surface area contributed by atoms with Gasteiger partial charge in [-0.1, -0.05) is 25.1 Å². The Morgan fingerprint density at radius 3 is 2.89 bits per heavy atom. The van der Waals surface area contributed by atoms with Gasteiger partial charge in [0, 0.05) is 17.8 Å². The fourth-order valence-corrected chi connectivity index (χ4v) is 2.96. The molecule has 19 heavy (non-hydrogen) atoms. The molecule has 1 aromatic carbocycles. The standard InChI is InChI=1S/C15H20N2OS/c1-2-7-16-8-9-17-15(18)10-12-11-19-14-6-4-3-5-13(12)14/h3-6,11,16H,2,7-10H2,1H3,(H,17,18). The average molecular weight is 276 g/mol. The summed E-state index contributed by atoms with van der Waals surface area (Å²) in [4.78, 5) is 11.9. The number of carbonyl (C=O) groups is 1. The molecule has 0 saturated heterocycles. The van der Waals surface area contributed by atoms with E-state index in [1.165, 1.54) is 10.1 Å². The Morgan fingerprint density at radius 2 is 2.05 bits per heavy atom. The third-order valence-electron chi connectivity index (χ3n) is 2.96. The lowest BCUT2D eigenvalue weighted by Gasteiger charge is -2.05. The second-order valence-electron chi connectivity index (χ2n) is 4.53. The van der Waals surface area contributed by atoms with Gasteiger partial charge < -0.3 is 10.6 Å². The number of rotatable bonds is 7. The van der Waals surface area contributed by atoms with Crippen molar-refractivity contribution in [3.63, 3.8) is 0 Å². The Bertz CT molecular complexity index is 536. The van der Waals surface area contributed by atoms with Gasteiger partial charge in [0.1, 0.15) is 0 Å². The Balaban J connectivity index is 1.82. The molecular weight excluding hydrogens is 256 g/mol. The summed E-state index contributed by atoms with van der Waals surface area (Å²) in [5.74, 6) is 0.0989. The molecule has 2 N–H and O–H groups in total. The van der Waals surface area contributed by atoms with Crippen molar-refractivity contribution in [3.8, 4) is 0 Å². The number of thiophene rings is 1. The van der Waals surface area contributed by atoms with Crippen LogP contribution in [0.5, 0.6) is 0 Å². The average Bonchev–Trinajstić information content (AvgIpc) is 2.82. The van der Waals surface area contributed by atoms with Gasteiger partial charge in [0.15, 0.2) is 0 Å². The maximum Gasteiger partial charge on any atom is 0.224 e. The van der Waals surface area contributed by atoms with E-state index in [0.29, 0.717) is 13.0 Å². The molecule has 1 amide bonds. The highest BCUT2D eigenvalue weighted by atomic mass is 32.1. The van der Waals surface area contributed by atoms with Crippen LogP contribution in [0.4, 0.5) is 0 Å². The van der Waals surface area contributed by atoms with E-state index in [-0.39, 0.29) is 5.91 Å². The first kappa shape index (κ1) is 14.0. The van der Waals surface area contributed by atoms with Crippen LogP contribution in [0.3, 0.4) is 0 Å². The van der Waals surface area contributed by atoms with E-state index in [4.69, 9.17) is 0 Å². The van der Waals surface area contributed by atoms with Crippen molar-refractivity contribution in [2.75, 3.05) is 19.6 Å². The first-order chi connectivity index (χ1) is 9.31. The van der Waals surface area contributed by atoms with E-state index in [0.717, 1.165) is 25.1 Å². The SMILES string of the molecule is CCCNCCNC(=O)Cc1csc2ccccc12. The Hall–Kier alpha value is -1.39. The van der Waals surface area contributed by atoms with Crippen molar-refractivity contribution in [1.29, 1.82) is 0 Å². The van der Waals surface area contributed by atoms with Crippen LogP contribution >= 0.6 is 11.3 Å². The largest absolute Gasteiger partial charge is 0.355 e. The lowest BCUT2D eigenvalue weighted by Crippen LogP contribution is -2.32. The highest BCUT2D eigenvalue weighted by molar-refractivity contribution is 7.17. The summed E-state index contributed by atoms with van der Waals surface area (Å²) in [6.07, 6.45) is 1.59. The minimum absolute atomic E-state index is 0.0989. The molecule has 0 bridgehead atoms. The van der Waals surface area contributed by atoms with Crippen LogP contribution in [0, 0.1) is 0 Å². The first-order valence-electron chi connectivity index (χ1n) is 6.73. The number of fused-ring (bicyclic) bond motifs is 1. The quantitative estimate of drug-likeness (QED) is 0.763. The van der Waals surface area contributed by atoms with Crippen LogP contribution in [0.1, 0.15) is 18.9 Å². The minimum atomic E-state index is 0.0989. The first-order valence-corrected chi connectivity index (χ1v) is 7.61. The monoisotopic (exact) mass is 276 g/mol. The zero-order valence-corrected chi connectivity index (χ0v) is 12.1. The lowest BCUT2D eigenvalue weighted by molar-refractivity contribution is -0.120. The van der Waals surface area contributed by atoms with Gasteiger partial charge in [0.25, 0.3) is 0 Å². The van der Waals surface area contributed by atoms with Crippen LogP contribution < -0.4 is 10.6 Å². The Morgan fingerprint density at radius 1 is 1.21 bits per heavy atom. The van der Waals surface area contributed by atoms with Crippen LogP contribution in [-0.2, 0) is 11.2 Å². The fraction of sp³-hybridized carbons (Fsp3) is 0.400. The number of hydrogen-bond donors (Lipinski definition) is 2. The second kappa shape index (κ2) is 7.26. The normalized spacial score (nSPS) is 10.8. The molecule has 2 rings (SSSR count). The van der Waals surface area contributed by atoms with Gasteiger partial charge >= 0.3 is 0 Å². The van der Waals surface area contributed by atoms with E-state index in [9.17, 15) is 4.79 Å². The topological polar surface area (TPSA) is 41.1 Å². The summed E-state index contributed by atoms with van der Waals surface area (Å²) < 4.78 is 1.25. The van der Waals surface area contributed by atoms with Gasteiger partial charge in [-0.25, -0.2) is 0 Å². The van der Waals surface area contributed by atoms with E-state index in [1.807, 2.05) is 12.1 Å². The van der Waals surface area contributed by atoms with Crippen molar-refractivity contribution in [3.05, 3.63) is 35.2 Å². The predicted octanol–water partition coefficient (Wildman–Crippen LogP) is 2.56. The third-order valence-corrected chi connectivity index (χ3v) is 3.98. The van der Waals surface area contributed by atoms with Crippen molar-refractivity contribution < 1.29 is 4.79 Å². The molecule has 0 saturated carbocycles. The van der Waals surface area contributed by atoms with E-state index in [1.54, 1.807) is 11.3 Å². The van der Waals surface area contributed by atoms with Crippen LogP contribution in [0.25, 0.3) is 10.1 Å². The molecule has 0 spiro atoms. The summed E-state index contributed by atoms with van der Waals surface area (Å²) in [5, 5.41) is 9.50. The molecule has 0 aliphatic heterocycles. The molecule has 0 unspecified atom stereocenters. The highest BCUT2D eigenvalue weighted by Crippen LogP contribution is 2.25. The molecular formula is C15H20N2OS. The van der Waals surface area contributed by atoms with Gasteiger partial charge in [-0.15, -0.1) is 11.3 Å². The van der Waals surface area contributed by atoms with Crippen molar-refractivity contribution >= 4 is 27.3 Å². The fourth-order valence-electron chi connectivity index (χ4n) is 2.00. The number of hydrogen-bond acceptors (Lipinski definition) is 3. The summed E-state index contributed by atoms with van der Waals surface area (Å²) in [6.45, 7) is 4.67. The van der Waals surface area contributed by atoms with Crippen molar-refractivity contribution in [2.45, 2.75) is 19.8 Å². The zero-order valence-electron chi connectivity index (χ0n) is 11.2. The number of nitrogens with one attached hydrogen (secondary N) is 2. The minimum Gasteiger partial charge on any atom is -0.355 e. The Labute approximate surface area is 118 Å². The second-order valence-corrected chi connectivity index (χ2v) is 5.45. The highest BCUT2D eigenvalue weighted by Gasteiger charge is 2.07. The molecule has 4 heteroatoms. The summed E-state index contributed by atoms with van der Waals surface area (Å²) in [7, 11) is 0. The molecule has 0 aliphatic rings. The summed E-state index contributed by atoms with van der Waals surface area (Å²) in [6, 6.07) is 8.22. The lowest BCUT2D eigenvalue weighted by atomic mass is 10.1. The van der Waals surface area contributed by atoms with Crippen molar-refractivity contribution in [1.82, 2.24) is 10.6 Å². The van der Waals surface area contributed by atoms with Gasteiger partial charge in [-0.05, 0) is 35.4 Å². The van der Waals surface area contributed by atoms with E-state index in [2.05, 4.69) is 35.1 Å². The number of carbonyl (C=O) groups excluding carboxylic acids is 1. The molecule has 1 heterocycles. The number of amides is 1. The molecule has 0 fully saturated rings. The summed E-state index contributed by atoms with van der Waals surface area (Å²) >= 11 is 1.70. The van der Waals surface area contributed by atoms with E-state index >= 15 is 0 Å². The van der Waals surface area contributed by atoms with Gasteiger partial charge in [-0.3, -0.25) is 4.79 Å². The molecule has 0 aliphatic carbocycles. The van der Waals surface area contributed by atoms with Gasteiger partial charge in [0.2, 0.25) is 5.91 Å². The van der Waals surface area contributed by atoms with Crippen LogP contribution in [0.2, 0.25) is 0 Å². The molecule has 0 atom stereocenters. The maximum absolute atomic E-state index is 11.9. The Kier molecular flexibility index (Phi) is 5.36. The zero-order chi connectivity index (χ0) is 13.5. The van der Waals surface area contributed by atoms with Gasteiger partial charge in [0.05, 0.1) is 6.42 Å². The van der Waals surface area contributed by atoms with Gasteiger partial charge in [-0.2, -0.15) is 0 Å². The smallest absolute Gasteiger partial charge is 0.224 e. The molecule has 1 aromatic heterocycles. The maximum atomic E-state index is 11.9. The van der Waals surface area contributed by atoms with Crippen LogP contribution in [0.15, 0.2) is 29.6 Å². The number of benzene rings is 1. The molecule has 2 aromatic rings. The summed E-state index contributed by atoms with van der Waals surface area (Å²) in [5.41, 5.74) is 1.12. The van der Waals surface area contributed by atoms with E-state index < -0.39 is 0 Å². The predicted molar refractivity (Wildman–Crippen MR) is 81.7 cm³/mol. The molecule has 3 nitrogen and oxygen atoms in total. The molecule has 102 valence electrons. The van der Waals surface area contributed by atoms with Crippen LogP contribution in [-0.4, -0.2) is 25.5 Å². The third kappa shape index (κ3) is 4.04. The molecule has 0 radical (unpaired) electrons. The van der Waals surface area contributed by atoms with Crippen molar-refractivity contribution in [2.24, 2.45) is 0 Å².